The molecule has 2 aromatic rings. The first kappa shape index (κ1) is 14.2. The molecule has 1 aliphatic rings. The second kappa shape index (κ2) is 6.35. The summed E-state index contributed by atoms with van der Waals surface area (Å²) >= 11 is 0. The van der Waals surface area contributed by atoms with Crippen molar-refractivity contribution in [3.05, 3.63) is 64.7 Å². The first-order valence-corrected chi connectivity index (χ1v) is 7.72. The first-order valence-electron chi connectivity index (χ1n) is 7.72. The Hall–Kier alpha value is -1.74. The van der Waals surface area contributed by atoms with Crippen LogP contribution in [0.2, 0.25) is 0 Å². The smallest absolute Gasteiger partial charge is 0.123 e. The molecule has 0 saturated carbocycles. The first-order chi connectivity index (χ1) is 10.3. The summed E-state index contributed by atoms with van der Waals surface area (Å²) in [5.41, 5.74) is 4.78. The fourth-order valence-electron chi connectivity index (χ4n) is 3.18. The summed E-state index contributed by atoms with van der Waals surface area (Å²) < 4.78 is 13.6. The zero-order chi connectivity index (χ0) is 14.7. The van der Waals surface area contributed by atoms with Gasteiger partial charge in [-0.3, -0.25) is 4.98 Å². The van der Waals surface area contributed by atoms with Gasteiger partial charge >= 0.3 is 0 Å². The predicted molar refractivity (Wildman–Crippen MR) is 82.8 cm³/mol. The van der Waals surface area contributed by atoms with Crippen LogP contribution < -0.4 is 5.32 Å². The molecule has 1 N–H and O–H groups in total. The lowest BCUT2D eigenvalue weighted by Gasteiger charge is -2.17. The summed E-state index contributed by atoms with van der Waals surface area (Å²) in [7, 11) is 0. The third-order valence-electron chi connectivity index (χ3n) is 4.18. The highest BCUT2D eigenvalue weighted by molar-refractivity contribution is 5.41. The van der Waals surface area contributed by atoms with Crippen molar-refractivity contribution in [3.63, 3.8) is 0 Å². The van der Waals surface area contributed by atoms with Gasteiger partial charge in [0.2, 0.25) is 0 Å². The Labute approximate surface area is 125 Å². The van der Waals surface area contributed by atoms with E-state index in [0.29, 0.717) is 5.92 Å². The number of halogens is 1. The molecule has 21 heavy (non-hydrogen) atoms. The van der Waals surface area contributed by atoms with Gasteiger partial charge in [0.25, 0.3) is 0 Å². The van der Waals surface area contributed by atoms with E-state index in [0.717, 1.165) is 37.9 Å². The minimum atomic E-state index is -0.161. The third kappa shape index (κ3) is 2.98. The quantitative estimate of drug-likeness (QED) is 0.845. The average Bonchev–Trinajstić information content (AvgIpc) is 2.92. The summed E-state index contributed by atoms with van der Waals surface area (Å²) in [6.45, 7) is 3.81. The Morgan fingerprint density at radius 1 is 1.33 bits per heavy atom. The molecule has 1 aromatic heterocycles. The number of aromatic nitrogens is 1. The van der Waals surface area contributed by atoms with Crippen molar-refractivity contribution in [2.45, 2.75) is 38.6 Å². The monoisotopic (exact) mass is 284 g/mol. The Kier molecular flexibility index (Phi) is 4.30. The average molecular weight is 284 g/mol. The fraction of sp³-hybridized carbons (Fsp3) is 0.389. The molecule has 1 atom stereocenters. The number of hydrogen-bond donors (Lipinski definition) is 1. The van der Waals surface area contributed by atoms with Gasteiger partial charge in [0.1, 0.15) is 5.82 Å². The van der Waals surface area contributed by atoms with Crippen LogP contribution in [0, 0.1) is 5.82 Å². The molecule has 2 nitrogen and oxygen atoms in total. The number of aryl methyl sites for hydroxylation is 1. The minimum absolute atomic E-state index is 0.161. The minimum Gasteiger partial charge on any atom is -0.313 e. The maximum atomic E-state index is 13.6. The molecule has 110 valence electrons. The van der Waals surface area contributed by atoms with Crippen LogP contribution in [0.5, 0.6) is 0 Å². The van der Waals surface area contributed by atoms with E-state index in [9.17, 15) is 4.39 Å². The molecule has 3 rings (SSSR count). The molecule has 0 spiro atoms. The fourth-order valence-corrected chi connectivity index (χ4v) is 3.18. The molecule has 0 fully saturated rings. The zero-order valence-corrected chi connectivity index (χ0v) is 12.4. The van der Waals surface area contributed by atoms with Gasteiger partial charge in [-0.1, -0.05) is 19.1 Å². The summed E-state index contributed by atoms with van der Waals surface area (Å²) in [5, 5.41) is 3.38. The highest BCUT2D eigenvalue weighted by atomic mass is 19.1. The number of fused-ring (bicyclic) bond motifs is 1. The largest absolute Gasteiger partial charge is 0.313 e. The number of nitrogens with zero attached hydrogens (tertiary/aromatic N) is 1. The summed E-state index contributed by atoms with van der Waals surface area (Å²) in [4.78, 5) is 4.56. The van der Waals surface area contributed by atoms with Crippen molar-refractivity contribution >= 4 is 0 Å². The van der Waals surface area contributed by atoms with E-state index in [-0.39, 0.29) is 5.82 Å². The number of rotatable bonds is 5. The Balaban J connectivity index is 1.92. The van der Waals surface area contributed by atoms with E-state index in [4.69, 9.17) is 0 Å². The number of benzene rings is 1. The van der Waals surface area contributed by atoms with Gasteiger partial charge in [0, 0.05) is 18.7 Å². The van der Waals surface area contributed by atoms with Crippen LogP contribution in [0.25, 0.3) is 0 Å². The van der Waals surface area contributed by atoms with E-state index in [1.165, 1.54) is 16.8 Å². The molecular formula is C18H21FN2. The molecule has 0 bridgehead atoms. The maximum absolute atomic E-state index is 13.6. The Morgan fingerprint density at radius 2 is 2.24 bits per heavy atom. The molecule has 1 heterocycles. The lowest BCUT2D eigenvalue weighted by molar-refractivity contribution is 0.613. The molecule has 1 aliphatic carbocycles. The van der Waals surface area contributed by atoms with Crippen LogP contribution in [0.15, 0.2) is 36.5 Å². The summed E-state index contributed by atoms with van der Waals surface area (Å²) in [5.74, 6) is 0.145. The van der Waals surface area contributed by atoms with Gasteiger partial charge in [0.15, 0.2) is 0 Å². The standard InChI is InChI=1S/C18H21FN2/c1-2-9-20-12-14-11-15(19)6-8-16(14)17-7-5-13-4-3-10-21-18(13)17/h3-4,6,8,10-11,17,20H,2,5,7,9,12H2,1H3. The van der Waals surface area contributed by atoms with Gasteiger partial charge in [-0.15, -0.1) is 0 Å². The van der Waals surface area contributed by atoms with Crippen LogP contribution in [0.4, 0.5) is 4.39 Å². The highest BCUT2D eigenvalue weighted by Gasteiger charge is 2.26. The number of pyridine rings is 1. The van der Waals surface area contributed by atoms with Crippen LogP contribution in [0.3, 0.4) is 0 Å². The van der Waals surface area contributed by atoms with Gasteiger partial charge in [-0.05, 0) is 60.7 Å². The van der Waals surface area contributed by atoms with Crippen LogP contribution in [-0.4, -0.2) is 11.5 Å². The normalized spacial score (nSPS) is 17.0. The van der Waals surface area contributed by atoms with E-state index in [1.54, 1.807) is 12.1 Å². The van der Waals surface area contributed by atoms with Gasteiger partial charge < -0.3 is 5.32 Å². The van der Waals surface area contributed by atoms with E-state index in [1.807, 2.05) is 18.3 Å². The maximum Gasteiger partial charge on any atom is 0.123 e. The van der Waals surface area contributed by atoms with Crippen molar-refractivity contribution in [2.75, 3.05) is 6.54 Å². The van der Waals surface area contributed by atoms with Crippen LogP contribution in [0.1, 0.15) is 48.1 Å². The number of nitrogens with one attached hydrogen (secondary N) is 1. The van der Waals surface area contributed by atoms with E-state index >= 15 is 0 Å². The van der Waals surface area contributed by atoms with Crippen LogP contribution >= 0.6 is 0 Å². The Morgan fingerprint density at radius 3 is 3.10 bits per heavy atom. The molecule has 0 saturated heterocycles. The molecule has 0 aliphatic heterocycles. The molecule has 0 amide bonds. The van der Waals surface area contributed by atoms with Crippen molar-refractivity contribution < 1.29 is 4.39 Å². The topological polar surface area (TPSA) is 24.9 Å². The zero-order valence-electron chi connectivity index (χ0n) is 12.4. The summed E-state index contributed by atoms with van der Waals surface area (Å²) in [6.07, 6.45) is 5.07. The molecule has 0 radical (unpaired) electrons. The lowest BCUT2D eigenvalue weighted by atomic mass is 9.92. The van der Waals surface area contributed by atoms with Crippen molar-refractivity contribution in [3.8, 4) is 0 Å². The lowest BCUT2D eigenvalue weighted by Crippen LogP contribution is -2.16. The molecule has 3 heteroatoms. The van der Waals surface area contributed by atoms with Crippen molar-refractivity contribution in [2.24, 2.45) is 0 Å². The highest BCUT2D eigenvalue weighted by Crippen LogP contribution is 2.38. The predicted octanol–water partition coefficient (Wildman–Crippen LogP) is 3.80. The van der Waals surface area contributed by atoms with Gasteiger partial charge in [-0.25, -0.2) is 4.39 Å². The molecular weight excluding hydrogens is 263 g/mol. The van der Waals surface area contributed by atoms with E-state index < -0.39 is 0 Å². The van der Waals surface area contributed by atoms with Crippen molar-refractivity contribution in [1.82, 2.24) is 10.3 Å². The number of hydrogen-bond acceptors (Lipinski definition) is 2. The third-order valence-corrected chi connectivity index (χ3v) is 4.18. The second-order valence-electron chi connectivity index (χ2n) is 5.66. The molecule has 1 unspecified atom stereocenters. The molecule has 1 aromatic carbocycles. The Bertz CT molecular complexity index is 624. The van der Waals surface area contributed by atoms with E-state index in [2.05, 4.69) is 23.3 Å². The van der Waals surface area contributed by atoms with Crippen molar-refractivity contribution in [1.29, 1.82) is 0 Å². The van der Waals surface area contributed by atoms with Gasteiger partial charge in [0.05, 0.1) is 5.69 Å². The SMILES string of the molecule is CCCNCc1cc(F)ccc1C1CCc2cccnc21. The summed E-state index contributed by atoms with van der Waals surface area (Å²) in [6, 6.07) is 9.32. The second-order valence-corrected chi connectivity index (χ2v) is 5.66. The van der Waals surface area contributed by atoms with Gasteiger partial charge in [-0.2, -0.15) is 0 Å². The van der Waals surface area contributed by atoms with Crippen LogP contribution in [-0.2, 0) is 13.0 Å².